The number of halogens is 1. The van der Waals surface area contributed by atoms with E-state index in [2.05, 4.69) is 15.4 Å². The van der Waals surface area contributed by atoms with Gasteiger partial charge in [-0.3, -0.25) is 0 Å². The first kappa shape index (κ1) is 14.6. The Morgan fingerprint density at radius 1 is 1.30 bits per heavy atom. The van der Waals surface area contributed by atoms with Crippen molar-refractivity contribution >= 4 is 17.4 Å². The average molecular weight is 293 g/mol. The molecule has 2 aromatic rings. The maximum absolute atomic E-state index is 5.93. The van der Waals surface area contributed by atoms with Crippen molar-refractivity contribution in [3.05, 3.63) is 46.7 Å². The van der Waals surface area contributed by atoms with E-state index in [1.807, 2.05) is 38.1 Å². The molecule has 0 unspecified atom stereocenters. The Bertz CT molecular complexity index is 589. The van der Waals surface area contributed by atoms with Gasteiger partial charge in [-0.15, -0.1) is 0 Å². The van der Waals surface area contributed by atoms with Crippen LogP contribution in [0, 0.1) is 0 Å². The smallest absolute Gasteiger partial charge is 0.219 e. The normalized spacial score (nSPS) is 10.7. The minimum Gasteiger partial charge on any atom is -0.473 e. The highest BCUT2D eigenvalue weighted by molar-refractivity contribution is 6.30. The van der Waals surface area contributed by atoms with Crippen LogP contribution in [0.1, 0.15) is 31.2 Å². The molecule has 0 aliphatic heterocycles. The number of nitrogen functional groups attached to an aromatic ring is 1. The molecular weight excluding hydrogens is 276 g/mol. The van der Waals surface area contributed by atoms with Crippen LogP contribution in [0.5, 0.6) is 5.88 Å². The van der Waals surface area contributed by atoms with Gasteiger partial charge in [0.1, 0.15) is 18.2 Å². The number of hydrogen-bond acceptors (Lipinski definition) is 5. The van der Waals surface area contributed by atoms with E-state index in [-0.39, 0.29) is 5.92 Å². The van der Waals surface area contributed by atoms with E-state index in [9.17, 15) is 0 Å². The molecule has 0 bridgehead atoms. The van der Waals surface area contributed by atoms with Crippen molar-refractivity contribution in [2.24, 2.45) is 5.84 Å². The first-order valence-electron chi connectivity index (χ1n) is 6.31. The maximum Gasteiger partial charge on any atom is 0.219 e. The first-order valence-corrected chi connectivity index (χ1v) is 6.69. The lowest BCUT2D eigenvalue weighted by molar-refractivity contribution is 0.292. The molecule has 0 aliphatic carbocycles. The molecule has 106 valence electrons. The van der Waals surface area contributed by atoms with Crippen LogP contribution in [-0.2, 0) is 6.61 Å². The SMILES string of the molecule is CC(C)c1nc(NN)cc(OCc2cccc(Cl)c2)n1. The van der Waals surface area contributed by atoms with Gasteiger partial charge >= 0.3 is 0 Å². The molecule has 5 nitrogen and oxygen atoms in total. The van der Waals surface area contributed by atoms with Gasteiger partial charge in [-0.05, 0) is 17.7 Å². The van der Waals surface area contributed by atoms with Crippen molar-refractivity contribution in [3.8, 4) is 5.88 Å². The van der Waals surface area contributed by atoms with Crippen LogP contribution in [-0.4, -0.2) is 9.97 Å². The van der Waals surface area contributed by atoms with E-state index in [1.54, 1.807) is 6.07 Å². The summed E-state index contributed by atoms with van der Waals surface area (Å²) in [4.78, 5) is 8.63. The second kappa shape index (κ2) is 6.54. The van der Waals surface area contributed by atoms with Crippen molar-refractivity contribution in [2.45, 2.75) is 26.4 Å². The monoisotopic (exact) mass is 292 g/mol. The predicted octanol–water partition coefficient (Wildman–Crippen LogP) is 3.12. The number of nitrogens with zero attached hydrogens (tertiary/aromatic N) is 2. The van der Waals surface area contributed by atoms with E-state index in [4.69, 9.17) is 22.2 Å². The summed E-state index contributed by atoms with van der Waals surface area (Å²) in [7, 11) is 0. The summed E-state index contributed by atoms with van der Waals surface area (Å²) in [6, 6.07) is 9.17. The molecule has 1 aromatic heterocycles. The molecule has 0 aliphatic rings. The van der Waals surface area contributed by atoms with Gasteiger partial charge in [0.05, 0.1) is 0 Å². The zero-order valence-corrected chi connectivity index (χ0v) is 12.2. The second-order valence-corrected chi connectivity index (χ2v) is 5.10. The number of ether oxygens (including phenoxy) is 1. The Labute approximate surface area is 123 Å². The number of rotatable bonds is 5. The molecule has 3 N–H and O–H groups in total. The van der Waals surface area contributed by atoms with Gasteiger partial charge in [0.25, 0.3) is 0 Å². The third kappa shape index (κ3) is 3.82. The number of nitrogens with two attached hydrogens (primary N) is 1. The van der Waals surface area contributed by atoms with Crippen LogP contribution in [0.2, 0.25) is 5.02 Å². The quantitative estimate of drug-likeness (QED) is 0.654. The minimum atomic E-state index is 0.191. The van der Waals surface area contributed by atoms with Crippen molar-refractivity contribution in [3.63, 3.8) is 0 Å². The third-order valence-corrected chi connectivity index (χ3v) is 2.90. The van der Waals surface area contributed by atoms with E-state index in [1.165, 1.54) is 0 Å². The largest absolute Gasteiger partial charge is 0.473 e. The van der Waals surface area contributed by atoms with E-state index in [0.717, 1.165) is 5.56 Å². The zero-order valence-electron chi connectivity index (χ0n) is 11.4. The molecule has 2 rings (SSSR count). The Morgan fingerprint density at radius 2 is 2.10 bits per heavy atom. The van der Waals surface area contributed by atoms with Crippen molar-refractivity contribution < 1.29 is 4.74 Å². The molecule has 0 radical (unpaired) electrons. The summed E-state index contributed by atoms with van der Waals surface area (Å²) in [5.74, 6) is 7.29. The summed E-state index contributed by atoms with van der Waals surface area (Å²) in [5, 5.41) is 0.681. The number of hydrazine groups is 1. The Kier molecular flexibility index (Phi) is 4.76. The lowest BCUT2D eigenvalue weighted by Gasteiger charge is -2.11. The van der Waals surface area contributed by atoms with Crippen LogP contribution in [0.25, 0.3) is 0 Å². The van der Waals surface area contributed by atoms with Gasteiger partial charge in [0, 0.05) is 17.0 Å². The van der Waals surface area contributed by atoms with Gasteiger partial charge in [-0.25, -0.2) is 10.8 Å². The molecule has 0 atom stereocenters. The van der Waals surface area contributed by atoms with Crippen LogP contribution in [0.15, 0.2) is 30.3 Å². The molecular formula is C14H17ClN4O. The number of anilines is 1. The van der Waals surface area contributed by atoms with E-state index in [0.29, 0.717) is 29.2 Å². The Morgan fingerprint density at radius 3 is 2.75 bits per heavy atom. The molecule has 0 fully saturated rings. The number of benzene rings is 1. The van der Waals surface area contributed by atoms with Gasteiger partial charge in [0.15, 0.2) is 0 Å². The topological polar surface area (TPSA) is 73.1 Å². The number of hydrogen-bond donors (Lipinski definition) is 2. The second-order valence-electron chi connectivity index (χ2n) is 4.67. The van der Waals surface area contributed by atoms with Crippen LogP contribution < -0.4 is 16.0 Å². The molecule has 0 amide bonds. The number of nitrogens with one attached hydrogen (secondary N) is 1. The van der Waals surface area contributed by atoms with Gasteiger partial charge < -0.3 is 10.2 Å². The zero-order chi connectivity index (χ0) is 14.5. The van der Waals surface area contributed by atoms with Gasteiger partial charge in [-0.1, -0.05) is 37.6 Å². The van der Waals surface area contributed by atoms with Crippen molar-refractivity contribution in [2.75, 3.05) is 5.43 Å². The standard InChI is InChI=1S/C14H17ClN4O/c1-9(2)14-17-12(19-16)7-13(18-14)20-8-10-4-3-5-11(15)6-10/h3-7,9H,8,16H2,1-2H3,(H,17,18,19). The van der Waals surface area contributed by atoms with Gasteiger partial charge in [0.2, 0.25) is 5.88 Å². The first-order chi connectivity index (χ1) is 9.58. The van der Waals surface area contributed by atoms with E-state index >= 15 is 0 Å². The summed E-state index contributed by atoms with van der Waals surface area (Å²) in [5.41, 5.74) is 3.49. The molecule has 6 heteroatoms. The fourth-order valence-corrected chi connectivity index (χ4v) is 1.85. The van der Waals surface area contributed by atoms with Crippen LogP contribution in [0.4, 0.5) is 5.82 Å². The highest BCUT2D eigenvalue weighted by atomic mass is 35.5. The maximum atomic E-state index is 5.93. The average Bonchev–Trinajstić information content (AvgIpc) is 2.45. The minimum absolute atomic E-state index is 0.191. The molecule has 1 heterocycles. The fourth-order valence-electron chi connectivity index (χ4n) is 1.63. The lowest BCUT2D eigenvalue weighted by atomic mass is 10.2. The molecule has 20 heavy (non-hydrogen) atoms. The number of aromatic nitrogens is 2. The van der Waals surface area contributed by atoms with E-state index < -0.39 is 0 Å². The Hall–Kier alpha value is -1.85. The summed E-state index contributed by atoms with van der Waals surface area (Å²) in [6.45, 7) is 4.41. The summed E-state index contributed by atoms with van der Waals surface area (Å²) < 4.78 is 5.68. The van der Waals surface area contributed by atoms with Crippen LogP contribution in [0.3, 0.4) is 0 Å². The Balaban J connectivity index is 2.14. The lowest BCUT2D eigenvalue weighted by Crippen LogP contribution is -2.12. The third-order valence-electron chi connectivity index (χ3n) is 2.66. The van der Waals surface area contributed by atoms with Crippen molar-refractivity contribution in [1.29, 1.82) is 0 Å². The van der Waals surface area contributed by atoms with Crippen LogP contribution >= 0.6 is 11.6 Å². The van der Waals surface area contributed by atoms with Gasteiger partial charge in [-0.2, -0.15) is 4.98 Å². The highest BCUT2D eigenvalue weighted by Crippen LogP contribution is 2.19. The molecule has 1 aromatic carbocycles. The predicted molar refractivity (Wildman–Crippen MR) is 79.7 cm³/mol. The summed E-state index contributed by atoms with van der Waals surface area (Å²) in [6.07, 6.45) is 0. The fraction of sp³-hybridized carbons (Fsp3) is 0.286. The molecule has 0 saturated heterocycles. The summed E-state index contributed by atoms with van der Waals surface area (Å²) >= 11 is 5.93. The van der Waals surface area contributed by atoms with Crippen molar-refractivity contribution in [1.82, 2.24) is 9.97 Å². The molecule has 0 saturated carbocycles. The highest BCUT2D eigenvalue weighted by Gasteiger charge is 2.08. The molecule has 0 spiro atoms.